The summed E-state index contributed by atoms with van der Waals surface area (Å²) in [5, 5.41) is 0. The van der Waals surface area contributed by atoms with E-state index in [1.54, 1.807) is 0 Å². The molecule has 0 saturated heterocycles. The van der Waals surface area contributed by atoms with Gasteiger partial charge < -0.3 is 0 Å². The Morgan fingerprint density at radius 3 is 2.88 bits per heavy atom. The maximum atomic E-state index is 13.6. The zero-order valence-corrected chi connectivity index (χ0v) is 9.32. The number of fused-ring (bicyclic) bond motifs is 2. The highest BCUT2D eigenvalue weighted by Crippen LogP contribution is 2.44. The Morgan fingerprint density at radius 2 is 2.06 bits per heavy atom. The van der Waals surface area contributed by atoms with E-state index in [9.17, 15) is 8.78 Å². The third-order valence-electron chi connectivity index (χ3n) is 3.79. The summed E-state index contributed by atoms with van der Waals surface area (Å²) in [5.41, 5.74) is 4.09. The lowest BCUT2D eigenvalue weighted by Gasteiger charge is -2.20. The minimum Gasteiger partial charge on any atom is -0.207 e. The average Bonchev–Trinajstić information content (AvgIpc) is 2.57. The van der Waals surface area contributed by atoms with E-state index in [-0.39, 0.29) is 5.82 Å². The molecule has 1 unspecified atom stereocenters. The number of hydrogen-bond donors (Lipinski definition) is 0. The maximum Gasteiger partial charge on any atom is 0.130 e. The summed E-state index contributed by atoms with van der Waals surface area (Å²) in [6.45, 7) is 2.21. The Labute approximate surface area is 94.0 Å². The van der Waals surface area contributed by atoms with Crippen LogP contribution in [-0.4, -0.2) is 0 Å². The van der Waals surface area contributed by atoms with E-state index >= 15 is 0 Å². The van der Waals surface area contributed by atoms with Gasteiger partial charge in [-0.2, -0.15) is 0 Å². The second kappa shape index (κ2) is 3.41. The van der Waals surface area contributed by atoms with E-state index in [1.165, 1.54) is 23.6 Å². The van der Waals surface area contributed by atoms with Crippen molar-refractivity contribution in [3.8, 4) is 0 Å². The van der Waals surface area contributed by atoms with E-state index in [2.05, 4.69) is 6.92 Å². The molecule has 0 bridgehead atoms. The fourth-order valence-corrected chi connectivity index (χ4v) is 2.93. The number of benzene rings is 1. The maximum absolute atomic E-state index is 13.6. The van der Waals surface area contributed by atoms with Crippen LogP contribution in [0.3, 0.4) is 0 Å². The molecule has 0 spiro atoms. The van der Waals surface area contributed by atoms with Crippen molar-refractivity contribution in [3.63, 3.8) is 0 Å². The molecule has 1 aromatic rings. The van der Waals surface area contributed by atoms with Gasteiger partial charge in [-0.1, -0.05) is 12.5 Å². The van der Waals surface area contributed by atoms with Crippen LogP contribution in [-0.2, 0) is 6.42 Å². The van der Waals surface area contributed by atoms with Gasteiger partial charge in [-0.25, -0.2) is 8.78 Å². The fourth-order valence-electron chi connectivity index (χ4n) is 2.93. The van der Waals surface area contributed by atoms with Crippen molar-refractivity contribution in [2.75, 3.05) is 0 Å². The predicted molar refractivity (Wildman–Crippen MR) is 60.0 cm³/mol. The largest absolute Gasteiger partial charge is 0.207 e. The minimum absolute atomic E-state index is 0.378. The normalized spacial score (nSPS) is 23.3. The molecule has 84 valence electrons. The molecule has 1 atom stereocenters. The smallest absolute Gasteiger partial charge is 0.130 e. The fraction of sp³-hybridized carbons (Fsp3) is 0.429. The first kappa shape index (κ1) is 10.0. The van der Waals surface area contributed by atoms with E-state index in [0.717, 1.165) is 24.5 Å². The second-order valence-corrected chi connectivity index (χ2v) is 5.02. The summed E-state index contributed by atoms with van der Waals surface area (Å²) in [5.74, 6) is -0.198. The van der Waals surface area contributed by atoms with E-state index < -0.39 is 5.82 Å². The quantitative estimate of drug-likeness (QED) is 0.617. The van der Waals surface area contributed by atoms with Crippen LogP contribution in [0.1, 0.15) is 37.3 Å². The molecule has 2 aliphatic rings. The lowest BCUT2D eigenvalue weighted by atomic mass is 9.85. The Morgan fingerprint density at radius 1 is 1.25 bits per heavy atom. The molecule has 0 saturated carbocycles. The summed E-state index contributed by atoms with van der Waals surface area (Å²) in [7, 11) is 0. The van der Waals surface area contributed by atoms with Gasteiger partial charge in [-0.15, -0.1) is 0 Å². The van der Waals surface area contributed by atoms with Crippen molar-refractivity contribution in [1.82, 2.24) is 0 Å². The van der Waals surface area contributed by atoms with Crippen LogP contribution in [0.5, 0.6) is 0 Å². The second-order valence-electron chi connectivity index (χ2n) is 5.02. The van der Waals surface area contributed by atoms with Gasteiger partial charge >= 0.3 is 0 Å². The van der Waals surface area contributed by atoms with Gasteiger partial charge in [0, 0.05) is 6.07 Å². The Hall–Kier alpha value is -1.18. The average molecular weight is 220 g/mol. The molecule has 0 heterocycles. The van der Waals surface area contributed by atoms with Crippen molar-refractivity contribution in [1.29, 1.82) is 0 Å². The zero-order valence-electron chi connectivity index (χ0n) is 9.32. The van der Waals surface area contributed by atoms with Gasteiger partial charge in [-0.05, 0) is 54.4 Å². The van der Waals surface area contributed by atoms with Crippen molar-refractivity contribution in [3.05, 3.63) is 40.5 Å². The first-order valence-corrected chi connectivity index (χ1v) is 5.84. The molecule has 0 amide bonds. The Balaban J connectivity index is 2.12. The van der Waals surface area contributed by atoms with Crippen LogP contribution in [0.2, 0.25) is 0 Å². The molecule has 2 heteroatoms. The van der Waals surface area contributed by atoms with Crippen molar-refractivity contribution in [2.45, 2.75) is 32.6 Å². The van der Waals surface area contributed by atoms with Gasteiger partial charge in [0.1, 0.15) is 11.6 Å². The minimum atomic E-state index is -0.455. The summed E-state index contributed by atoms with van der Waals surface area (Å²) in [6, 6.07) is 2.50. The molecule has 1 aromatic carbocycles. The van der Waals surface area contributed by atoms with E-state index in [4.69, 9.17) is 0 Å². The van der Waals surface area contributed by atoms with Crippen molar-refractivity contribution >= 4 is 5.57 Å². The summed E-state index contributed by atoms with van der Waals surface area (Å²) in [4.78, 5) is 0. The number of allylic oxidation sites excluding steroid dienone is 2. The molecule has 3 rings (SSSR count). The SMILES string of the molecule is CC1CCC2=C(C1)c1cc(F)cc(F)c1C2. The summed E-state index contributed by atoms with van der Waals surface area (Å²) in [6.07, 6.45) is 3.90. The van der Waals surface area contributed by atoms with Crippen LogP contribution < -0.4 is 0 Å². The highest BCUT2D eigenvalue weighted by Gasteiger charge is 2.28. The Bertz CT molecular complexity index is 486. The first-order chi connectivity index (χ1) is 7.65. The highest BCUT2D eigenvalue weighted by molar-refractivity contribution is 5.77. The standard InChI is InChI=1S/C14H14F2/c1-8-2-3-9-5-13-12(11(9)4-8)6-10(15)7-14(13)16/h6-8H,2-5H2,1H3. The number of halogens is 2. The molecule has 0 aromatic heterocycles. The highest BCUT2D eigenvalue weighted by atomic mass is 19.1. The van der Waals surface area contributed by atoms with Gasteiger partial charge in [0.15, 0.2) is 0 Å². The van der Waals surface area contributed by atoms with Crippen LogP contribution in [0, 0.1) is 17.6 Å². The third-order valence-corrected chi connectivity index (χ3v) is 3.79. The van der Waals surface area contributed by atoms with E-state index in [0.29, 0.717) is 17.9 Å². The van der Waals surface area contributed by atoms with Crippen molar-refractivity contribution < 1.29 is 8.78 Å². The lowest BCUT2D eigenvalue weighted by molar-refractivity contribution is 0.523. The van der Waals surface area contributed by atoms with Crippen LogP contribution in [0.25, 0.3) is 5.57 Å². The van der Waals surface area contributed by atoms with Gasteiger partial charge in [-0.3, -0.25) is 0 Å². The van der Waals surface area contributed by atoms with Crippen LogP contribution in [0.4, 0.5) is 8.78 Å². The molecule has 0 fully saturated rings. The topological polar surface area (TPSA) is 0 Å². The molecular formula is C14H14F2. The molecule has 2 aliphatic carbocycles. The number of rotatable bonds is 0. The van der Waals surface area contributed by atoms with Crippen molar-refractivity contribution in [2.24, 2.45) is 5.92 Å². The molecule has 0 radical (unpaired) electrons. The third kappa shape index (κ3) is 1.40. The van der Waals surface area contributed by atoms with Gasteiger partial charge in [0.05, 0.1) is 0 Å². The van der Waals surface area contributed by atoms with Gasteiger partial charge in [0.2, 0.25) is 0 Å². The monoisotopic (exact) mass is 220 g/mol. The molecular weight excluding hydrogens is 206 g/mol. The van der Waals surface area contributed by atoms with Crippen LogP contribution in [0.15, 0.2) is 17.7 Å². The molecule has 16 heavy (non-hydrogen) atoms. The van der Waals surface area contributed by atoms with Gasteiger partial charge in [0.25, 0.3) is 0 Å². The lowest BCUT2D eigenvalue weighted by Crippen LogP contribution is -2.04. The molecule has 0 N–H and O–H groups in total. The van der Waals surface area contributed by atoms with Crippen LogP contribution >= 0.6 is 0 Å². The summed E-state index contributed by atoms with van der Waals surface area (Å²) < 4.78 is 26.8. The van der Waals surface area contributed by atoms with E-state index in [1.807, 2.05) is 0 Å². The number of hydrogen-bond acceptors (Lipinski definition) is 0. The molecule has 0 aliphatic heterocycles. The zero-order chi connectivity index (χ0) is 11.3. The molecule has 0 nitrogen and oxygen atoms in total. The Kier molecular flexibility index (Phi) is 2.13. The predicted octanol–water partition coefficient (Wildman–Crippen LogP) is 4.09. The first-order valence-electron chi connectivity index (χ1n) is 5.84. The summed E-state index contributed by atoms with van der Waals surface area (Å²) >= 11 is 0.